The molecule has 3 nitrogen and oxygen atoms in total. The van der Waals surface area contributed by atoms with Crippen LogP contribution >= 0.6 is 11.6 Å². The van der Waals surface area contributed by atoms with Crippen molar-refractivity contribution in [3.8, 4) is 11.3 Å². The molecular weight excluding hydrogens is 380 g/mol. The molecule has 0 unspecified atom stereocenters. The average Bonchev–Trinajstić information content (AvgIpc) is 2.75. The molecule has 1 fully saturated rings. The molecule has 4 rings (SSSR count). The number of nitrogens with zero attached hydrogens (tertiary/aromatic N) is 2. The van der Waals surface area contributed by atoms with Gasteiger partial charge in [-0.3, -0.25) is 4.79 Å². The highest BCUT2D eigenvalue weighted by molar-refractivity contribution is 6.32. The Morgan fingerprint density at radius 2 is 1.93 bits per heavy atom. The standard InChI is InChI=1S/C25H27ClN2O/c1-4-18-8-10-19(11-9-18)23-15-21(25(29)28-14-6-5-7-16(28)2)20-12-13-22(26)17(3)24(20)27-23/h8-13,15-16H,4-7,14H2,1-3H3/t16-/m1/s1. The van der Waals surface area contributed by atoms with Crippen molar-refractivity contribution >= 4 is 28.4 Å². The number of benzene rings is 2. The maximum atomic E-state index is 13.6. The van der Waals surface area contributed by atoms with Crippen molar-refractivity contribution in [2.45, 2.75) is 52.5 Å². The van der Waals surface area contributed by atoms with Crippen LogP contribution in [-0.4, -0.2) is 28.4 Å². The van der Waals surface area contributed by atoms with Gasteiger partial charge in [0, 0.05) is 28.6 Å². The van der Waals surface area contributed by atoms with Gasteiger partial charge in [-0.1, -0.05) is 48.9 Å². The van der Waals surface area contributed by atoms with E-state index in [9.17, 15) is 4.79 Å². The zero-order valence-corrected chi connectivity index (χ0v) is 18.1. The number of aromatic nitrogens is 1. The number of halogens is 1. The molecule has 29 heavy (non-hydrogen) atoms. The Balaban J connectivity index is 1.89. The molecule has 1 aliphatic rings. The van der Waals surface area contributed by atoms with Gasteiger partial charge in [-0.15, -0.1) is 0 Å². The lowest BCUT2D eigenvalue weighted by molar-refractivity contribution is 0.0637. The van der Waals surface area contributed by atoms with Gasteiger partial charge >= 0.3 is 0 Å². The Hall–Kier alpha value is -2.39. The van der Waals surface area contributed by atoms with Gasteiger partial charge in [-0.2, -0.15) is 0 Å². The molecule has 150 valence electrons. The van der Waals surface area contributed by atoms with E-state index in [1.165, 1.54) is 12.0 Å². The third-order valence-electron chi connectivity index (χ3n) is 6.12. The first-order valence-electron chi connectivity index (χ1n) is 10.5. The van der Waals surface area contributed by atoms with Crippen LogP contribution in [0.25, 0.3) is 22.2 Å². The van der Waals surface area contributed by atoms with E-state index in [1.54, 1.807) is 0 Å². The minimum Gasteiger partial charge on any atom is -0.336 e. The molecule has 0 spiro atoms. The SMILES string of the molecule is CCc1ccc(-c2cc(C(=O)N3CCCC[C@H]3C)c3ccc(Cl)c(C)c3n2)cc1. The summed E-state index contributed by atoms with van der Waals surface area (Å²) in [6.07, 6.45) is 4.31. The van der Waals surface area contributed by atoms with Gasteiger partial charge in [0.15, 0.2) is 0 Å². The van der Waals surface area contributed by atoms with Crippen LogP contribution in [0, 0.1) is 6.92 Å². The maximum Gasteiger partial charge on any atom is 0.254 e. The topological polar surface area (TPSA) is 33.2 Å². The van der Waals surface area contributed by atoms with Crippen LogP contribution in [0.3, 0.4) is 0 Å². The second-order valence-corrected chi connectivity index (χ2v) is 8.42. The van der Waals surface area contributed by atoms with Gasteiger partial charge in [-0.05, 0) is 62.8 Å². The van der Waals surface area contributed by atoms with Crippen LogP contribution in [0.15, 0.2) is 42.5 Å². The summed E-state index contributed by atoms with van der Waals surface area (Å²) in [5.74, 6) is 0.0951. The molecule has 3 aromatic rings. The number of amides is 1. The van der Waals surface area contributed by atoms with Crippen LogP contribution in [0.4, 0.5) is 0 Å². The van der Waals surface area contributed by atoms with E-state index in [0.29, 0.717) is 5.02 Å². The summed E-state index contributed by atoms with van der Waals surface area (Å²) in [6.45, 7) is 7.08. The van der Waals surface area contributed by atoms with E-state index in [1.807, 2.05) is 30.0 Å². The zero-order chi connectivity index (χ0) is 20.5. The lowest BCUT2D eigenvalue weighted by atomic mass is 9.98. The number of hydrogen-bond acceptors (Lipinski definition) is 2. The molecular formula is C25H27ClN2O. The minimum atomic E-state index is 0.0951. The van der Waals surface area contributed by atoms with E-state index >= 15 is 0 Å². The Kier molecular flexibility index (Phi) is 5.60. The monoisotopic (exact) mass is 406 g/mol. The molecule has 2 aromatic carbocycles. The number of aryl methyl sites for hydroxylation is 2. The molecule has 1 aliphatic heterocycles. The van der Waals surface area contributed by atoms with Crippen molar-refractivity contribution in [1.29, 1.82) is 0 Å². The van der Waals surface area contributed by atoms with E-state index < -0.39 is 0 Å². The zero-order valence-electron chi connectivity index (χ0n) is 17.3. The molecule has 1 aromatic heterocycles. The summed E-state index contributed by atoms with van der Waals surface area (Å²) in [5, 5.41) is 1.55. The summed E-state index contributed by atoms with van der Waals surface area (Å²) in [7, 11) is 0. The number of pyridine rings is 1. The Morgan fingerprint density at radius 1 is 1.17 bits per heavy atom. The highest BCUT2D eigenvalue weighted by Crippen LogP contribution is 2.32. The van der Waals surface area contributed by atoms with E-state index in [2.05, 4.69) is 38.1 Å². The van der Waals surface area contributed by atoms with Crippen LogP contribution in [0.2, 0.25) is 5.02 Å². The Bertz CT molecular complexity index is 1060. The highest BCUT2D eigenvalue weighted by Gasteiger charge is 2.26. The first kappa shape index (κ1) is 19.9. The van der Waals surface area contributed by atoms with E-state index in [4.69, 9.17) is 16.6 Å². The van der Waals surface area contributed by atoms with E-state index in [0.717, 1.165) is 59.1 Å². The highest BCUT2D eigenvalue weighted by atomic mass is 35.5. The summed E-state index contributed by atoms with van der Waals surface area (Å²) >= 11 is 6.39. The summed E-state index contributed by atoms with van der Waals surface area (Å²) in [4.78, 5) is 20.5. The number of likely N-dealkylation sites (tertiary alicyclic amines) is 1. The molecule has 0 N–H and O–H groups in total. The number of piperidine rings is 1. The Labute approximate surface area is 177 Å². The third kappa shape index (κ3) is 3.76. The molecule has 2 heterocycles. The molecule has 0 aliphatic carbocycles. The fourth-order valence-corrected chi connectivity index (χ4v) is 4.35. The van der Waals surface area contributed by atoms with Crippen LogP contribution in [0.5, 0.6) is 0 Å². The molecule has 4 heteroatoms. The largest absolute Gasteiger partial charge is 0.336 e. The molecule has 1 amide bonds. The third-order valence-corrected chi connectivity index (χ3v) is 6.53. The summed E-state index contributed by atoms with van der Waals surface area (Å²) in [6, 6.07) is 14.5. The van der Waals surface area contributed by atoms with Crippen molar-refractivity contribution in [2.24, 2.45) is 0 Å². The molecule has 0 radical (unpaired) electrons. The van der Waals surface area contributed by atoms with Crippen molar-refractivity contribution in [3.63, 3.8) is 0 Å². The number of fused-ring (bicyclic) bond motifs is 1. The Morgan fingerprint density at radius 3 is 2.62 bits per heavy atom. The fraction of sp³-hybridized carbons (Fsp3) is 0.360. The first-order chi connectivity index (χ1) is 14.0. The predicted molar refractivity (Wildman–Crippen MR) is 121 cm³/mol. The molecule has 0 bridgehead atoms. The first-order valence-corrected chi connectivity index (χ1v) is 10.9. The van der Waals surface area contributed by atoms with Gasteiger partial charge in [0.2, 0.25) is 0 Å². The van der Waals surface area contributed by atoms with Crippen molar-refractivity contribution in [3.05, 3.63) is 64.2 Å². The van der Waals surface area contributed by atoms with Gasteiger partial charge in [0.1, 0.15) is 0 Å². The van der Waals surface area contributed by atoms with Gasteiger partial charge in [-0.25, -0.2) is 4.98 Å². The van der Waals surface area contributed by atoms with Gasteiger partial charge in [0.05, 0.1) is 16.8 Å². The second kappa shape index (κ2) is 8.16. The molecule has 1 atom stereocenters. The van der Waals surface area contributed by atoms with Gasteiger partial charge in [0.25, 0.3) is 5.91 Å². The predicted octanol–water partition coefficient (Wildman–Crippen LogP) is 6.44. The normalized spacial score (nSPS) is 17.0. The maximum absolute atomic E-state index is 13.6. The van der Waals surface area contributed by atoms with Crippen LogP contribution in [0.1, 0.15) is 54.6 Å². The van der Waals surface area contributed by atoms with Crippen LogP contribution in [-0.2, 0) is 6.42 Å². The van der Waals surface area contributed by atoms with Crippen molar-refractivity contribution in [2.75, 3.05) is 6.54 Å². The number of carbonyl (C=O) groups is 1. The summed E-state index contributed by atoms with van der Waals surface area (Å²) < 4.78 is 0. The van der Waals surface area contributed by atoms with Gasteiger partial charge < -0.3 is 4.90 Å². The van der Waals surface area contributed by atoms with E-state index in [-0.39, 0.29) is 11.9 Å². The number of hydrogen-bond donors (Lipinski definition) is 0. The molecule has 1 saturated heterocycles. The number of rotatable bonds is 3. The lowest BCUT2D eigenvalue weighted by Gasteiger charge is -2.33. The number of carbonyl (C=O) groups excluding carboxylic acids is 1. The summed E-state index contributed by atoms with van der Waals surface area (Å²) in [5.41, 5.74) is 5.56. The smallest absolute Gasteiger partial charge is 0.254 e. The fourth-order valence-electron chi connectivity index (χ4n) is 4.19. The average molecular weight is 407 g/mol. The lowest BCUT2D eigenvalue weighted by Crippen LogP contribution is -2.42. The van der Waals surface area contributed by atoms with Crippen LogP contribution < -0.4 is 0 Å². The van der Waals surface area contributed by atoms with Crippen molar-refractivity contribution < 1.29 is 4.79 Å². The minimum absolute atomic E-state index is 0.0951. The molecule has 0 saturated carbocycles. The van der Waals surface area contributed by atoms with Crippen molar-refractivity contribution in [1.82, 2.24) is 9.88 Å². The quantitative estimate of drug-likeness (QED) is 0.501. The second-order valence-electron chi connectivity index (χ2n) is 8.02.